The Morgan fingerprint density at radius 2 is 0.813 bits per heavy atom. The standard InChI is InChI=1S/C59H104N2O14/c1-6-10-14-18-22-26-33-53(62)69-43-48(44-70-54(63)34-27-23-19-15-11-7-2)38-57(66)73-47-50-40-52(42-61(50)59(68)75-51-32-30-31-37-60(5)41-51)74-58(67)39-49(45-71-55(64)35-28-24-20-16-12-8-3)46-72-56(65)36-29-25-21-17-13-9-4/h48-52H,6-47H2,1-5H3/t50-,51?,52-/m0/s1. The maximum atomic E-state index is 13.9. The van der Waals surface area contributed by atoms with Gasteiger partial charge in [0.25, 0.3) is 0 Å². The summed E-state index contributed by atoms with van der Waals surface area (Å²) in [5.41, 5.74) is 0. The van der Waals surface area contributed by atoms with E-state index < -0.39 is 42.0 Å². The highest BCUT2D eigenvalue weighted by Crippen LogP contribution is 2.26. The first kappa shape index (κ1) is 67.2. The predicted octanol–water partition coefficient (Wildman–Crippen LogP) is 12.3. The third-order valence-electron chi connectivity index (χ3n) is 14.2. The number of nitrogens with zero attached hydrogens (tertiary/aromatic N) is 2. The molecule has 3 atom stereocenters. The Kier molecular flexibility index (Phi) is 39.5. The number of ether oxygens (including phenoxy) is 7. The summed E-state index contributed by atoms with van der Waals surface area (Å²) < 4.78 is 40.3. The van der Waals surface area contributed by atoms with Crippen LogP contribution in [-0.2, 0) is 61.9 Å². The van der Waals surface area contributed by atoms with Gasteiger partial charge in [0.1, 0.15) is 18.8 Å². The number of likely N-dealkylation sites (N-methyl/N-ethyl adjacent to an activating group) is 1. The number of hydrogen-bond donors (Lipinski definition) is 0. The van der Waals surface area contributed by atoms with Gasteiger partial charge in [-0.15, -0.1) is 0 Å². The molecule has 75 heavy (non-hydrogen) atoms. The number of rotatable bonds is 44. The summed E-state index contributed by atoms with van der Waals surface area (Å²) in [7, 11) is 1.99. The van der Waals surface area contributed by atoms with Crippen molar-refractivity contribution in [1.29, 1.82) is 0 Å². The lowest BCUT2D eigenvalue weighted by atomic mass is 10.1. The predicted molar refractivity (Wildman–Crippen MR) is 290 cm³/mol. The highest BCUT2D eigenvalue weighted by atomic mass is 16.6. The van der Waals surface area contributed by atoms with E-state index in [1.54, 1.807) is 0 Å². The van der Waals surface area contributed by atoms with E-state index in [1.165, 1.54) is 4.90 Å². The van der Waals surface area contributed by atoms with Crippen LogP contribution in [0, 0.1) is 11.8 Å². The van der Waals surface area contributed by atoms with Crippen LogP contribution in [0.15, 0.2) is 0 Å². The van der Waals surface area contributed by atoms with E-state index in [-0.39, 0.29) is 115 Å². The van der Waals surface area contributed by atoms with E-state index in [0.717, 1.165) is 148 Å². The van der Waals surface area contributed by atoms with Crippen LogP contribution in [-0.4, -0.2) is 130 Å². The Morgan fingerprint density at radius 1 is 0.427 bits per heavy atom. The average Bonchev–Trinajstić information content (AvgIpc) is 3.68. The molecule has 1 unspecified atom stereocenters. The summed E-state index contributed by atoms with van der Waals surface area (Å²) in [6.07, 6.45) is 26.1. The van der Waals surface area contributed by atoms with Crippen LogP contribution in [0.1, 0.15) is 246 Å². The fourth-order valence-corrected chi connectivity index (χ4v) is 9.55. The Labute approximate surface area is 452 Å². The Bertz CT molecular complexity index is 1500. The smallest absolute Gasteiger partial charge is 0.410 e. The fourth-order valence-electron chi connectivity index (χ4n) is 9.55. The molecule has 16 nitrogen and oxygen atoms in total. The molecule has 2 aliphatic heterocycles. The molecule has 0 saturated carbocycles. The average molecular weight is 1070 g/mol. The number of carbonyl (C=O) groups is 7. The number of carbonyl (C=O) groups excluding carboxylic acids is 7. The van der Waals surface area contributed by atoms with E-state index in [1.807, 2.05) is 7.05 Å². The van der Waals surface area contributed by atoms with Gasteiger partial charge in [-0.2, -0.15) is 0 Å². The van der Waals surface area contributed by atoms with Crippen molar-refractivity contribution in [3.8, 4) is 0 Å². The Hall–Kier alpha value is -3.95. The van der Waals surface area contributed by atoms with Crippen LogP contribution in [0.3, 0.4) is 0 Å². The molecule has 0 N–H and O–H groups in total. The first-order chi connectivity index (χ1) is 36.4. The van der Waals surface area contributed by atoms with Gasteiger partial charge in [-0.05, 0) is 58.5 Å². The molecule has 2 heterocycles. The summed E-state index contributed by atoms with van der Waals surface area (Å²) >= 11 is 0. The maximum absolute atomic E-state index is 13.9. The van der Waals surface area contributed by atoms with Gasteiger partial charge < -0.3 is 38.1 Å². The van der Waals surface area contributed by atoms with Gasteiger partial charge in [0.05, 0.1) is 51.9 Å². The van der Waals surface area contributed by atoms with Gasteiger partial charge in [-0.25, -0.2) is 4.79 Å². The van der Waals surface area contributed by atoms with Gasteiger partial charge >= 0.3 is 41.9 Å². The molecule has 0 bridgehead atoms. The number of unbranched alkanes of at least 4 members (excludes halogenated alkanes) is 20. The monoisotopic (exact) mass is 1060 g/mol. The second kappa shape index (κ2) is 44.1. The number of hydrogen-bond acceptors (Lipinski definition) is 15. The summed E-state index contributed by atoms with van der Waals surface area (Å²) in [5, 5.41) is 0. The first-order valence-corrected chi connectivity index (χ1v) is 30.0. The summed E-state index contributed by atoms with van der Waals surface area (Å²) in [6, 6.07) is -0.701. The van der Waals surface area contributed by atoms with Gasteiger partial charge in [-0.1, -0.05) is 156 Å². The van der Waals surface area contributed by atoms with Crippen molar-refractivity contribution in [3.05, 3.63) is 0 Å². The fraction of sp³-hybridized carbons (Fsp3) is 0.881. The van der Waals surface area contributed by atoms with Crippen molar-refractivity contribution in [2.45, 2.75) is 264 Å². The molecular weight excluding hydrogens is 961 g/mol. The summed E-state index contributed by atoms with van der Waals surface area (Å²) in [4.78, 5) is 95.8. The minimum atomic E-state index is -0.776. The van der Waals surface area contributed by atoms with E-state index in [2.05, 4.69) is 32.6 Å². The molecule has 2 saturated heterocycles. The molecule has 2 fully saturated rings. The highest BCUT2D eigenvalue weighted by Gasteiger charge is 2.40. The van der Waals surface area contributed by atoms with Crippen molar-refractivity contribution in [2.24, 2.45) is 11.8 Å². The molecular formula is C59H104N2O14. The molecule has 0 aromatic rings. The quantitative estimate of drug-likeness (QED) is 0.0318. The molecule has 0 aromatic heterocycles. The maximum Gasteiger partial charge on any atom is 0.410 e. The molecule has 0 radical (unpaired) electrons. The van der Waals surface area contributed by atoms with E-state index >= 15 is 0 Å². The third kappa shape index (κ3) is 35.2. The van der Waals surface area contributed by atoms with Crippen LogP contribution in [0.2, 0.25) is 0 Å². The molecule has 2 aliphatic rings. The van der Waals surface area contributed by atoms with Crippen LogP contribution in [0.4, 0.5) is 4.79 Å². The lowest BCUT2D eigenvalue weighted by Crippen LogP contribution is -2.42. The Balaban J connectivity index is 2.14. The zero-order valence-electron chi connectivity index (χ0n) is 47.7. The molecule has 434 valence electrons. The molecule has 0 aliphatic carbocycles. The van der Waals surface area contributed by atoms with Crippen LogP contribution < -0.4 is 0 Å². The van der Waals surface area contributed by atoms with Crippen LogP contribution in [0.25, 0.3) is 0 Å². The van der Waals surface area contributed by atoms with Crippen molar-refractivity contribution < 1.29 is 66.7 Å². The number of esters is 6. The van der Waals surface area contributed by atoms with Crippen molar-refractivity contribution >= 4 is 41.9 Å². The van der Waals surface area contributed by atoms with E-state index in [9.17, 15) is 33.6 Å². The largest absolute Gasteiger partial charge is 0.465 e. The van der Waals surface area contributed by atoms with E-state index in [0.29, 0.717) is 38.6 Å². The van der Waals surface area contributed by atoms with E-state index in [4.69, 9.17) is 33.2 Å². The SMILES string of the molecule is CCCCCCCCC(=O)OCC(COC(=O)CCCCCCCC)CC(=O)OC[C@@H]1C[C@H](OC(=O)CC(COC(=O)CCCCCCCC)COC(=O)CCCCCCCC)CN1C(=O)OC1CCCCN(C)C1. The summed E-state index contributed by atoms with van der Waals surface area (Å²) in [5.74, 6) is -4.02. The third-order valence-corrected chi connectivity index (χ3v) is 14.2. The molecule has 0 aromatic carbocycles. The number of amides is 1. The van der Waals surface area contributed by atoms with Gasteiger partial charge in [-0.3, -0.25) is 33.7 Å². The lowest BCUT2D eigenvalue weighted by molar-refractivity contribution is -0.157. The zero-order chi connectivity index (χ0) is 54.7. The van der Waals surface area contributed by atoms with Gasteiger partial charge in [0, 0.05) is 50.5 Å². The van der Waals surface area contributed by atoms with Crippen molar-refractivity contribution in [1.82, 2.24) is 9.80 Å². The van der Waals surface area contributed by atoms with Gasteiger partial charge in [0.2, 0.25) is 0 Å². The minimum Gasteiger partial charge on any atom is -0.465 e. The molecule has 0 spiro atoms. The Morgan fingerprint density at radius 3 is 1.23 bits per heavy atom. The number of likely N-dealkylation sites (tertiary alicyclic amines) is 2. The normalized spacial score (nSPS) is 16.9. The van der Waals surface area contributed by atoms with Gasteiger partial charge in [0.15, 0.2) is 0 Å². The second-order valence-electron chi connectivity index (χ2n) is 21.5. The first-order valence-electron chi connectivity index (χ1n) is 30.0. The molecule has 2 rings (SSSR count). The van der Waals surface area contributed by atoms with Crippen LogP contribution >= 0.6 is 0 Å². The summed E-state index contributed by atoms with van der Waals surface area (Å²) in [6.45, 7) is 9.37. The highest BCUT2D eigenvalue weighted by molar-refractivity contribution is 5.73. The lowest BCUT2D eigenvalue weighted by Gasteiger charge is -2.27. The topological polar surface area (TPSA) is 191 Å². The molecule has 16 heteroatoms. The molecule has 1 amide bonds. The van der Waals surface area contributed by atoms with Crippen molar-refractivity contribution in [3.63, 3.8) is 0 Å². The van der Waals surface area contributed by atoms with Crippen LogP contribution in [0.5, 0.6) is 0 Å². The zero-order valence-corrected chi connectivity index (χ0v) is 47.7. The minimum absolute atomic E-state index is 0.00770. The second-order valence-corrected chi connectivity index (χ2v) is 21.5. The van der Waals surface area contributed by atoms with Crippen molar-refractivity contribution in [2.75, 3.05) is 59.7 Å².